The van der Waals surface area contributed by atoms with Crippen LogP contribution in [-0.2, 0) is 0 Å². The van der Waals surface area contributed by atoms with E-state index in [0.717, 1.165) is 17.1 Å². The molecular formula is C14H12N2O. The van der Waals surface area contributed by atoms with Crippen LogP contribution in [0, 0.1) is 12.3 Å². The van der Waals surface area contributed by atoms with E-state index in [2.05, 4.69) is 16.2 Å². The van der Waals surface area contributed by atoms with Crippen LogP contribution in [0.4, 0.5) is 11.4 Å². The zero-order valence-corrected chi connectivity index (χ0v) is 9.26. The van der Waals surface area contributed by atoms with Crippen molar-refractivity contribution in [3.63, 3.8) is 0 Å². The highest BCUT2D eigenvalue weighted by molar-refractivity contribution is 5.60. The van der Waals surface area contributed by atoms with Gasteiger partial charge in [-0.15, -0.1) is 6.42 Å². The van der Waals surface area contributed by atoms with Gasteiger partial charge >= 0.3 is 0 Å². The van der Waals surface area contributed by atoms with E-state index in [9.17, 15) is 0 Å². The zero-order chi connectivity index (χ0) is 11.9. The third kappa shape index (κ3) is 3.25. The molecule has 0 saturated carbocycles. The molecule has 3 nitrogen and oxygen atoms in total. The number of nitrogens with zero attached hydrogens (tertiary/aromatic N) is 1. The number of nitrogens with one attached hydrogen (secondary N) is 1. The molecule has 1 N–H and O–H groups in total. The highest BCUT2D eigenvalue weighted by Gasteiger charge is 1.97. The monoisotopic (exact) mass is 224 g/mol. The van der Waals surface area contributed by atoms with E-state index in [1.54, 1.807) is 12.4 Å². The van der Waals surface area contributed by atoms with Gasteiger partial charge in [0.1, 0.15) is 12.4 Å². The summed E-state index contributed by atoms with van der Waals surface area (Å²) in [5.41, 5.74) is 1.87. The maximum Gasteiger partial charge on any atom is 0.148 e. The number of aromatic nitrogens is 1. The minimum absolute atomic E-state index is 0.274. The fourth-order valence-corrected chi connectivity index (χ4v) is 1.39. The van der Waals surface area contributed by atoms with Crippen molar-refractivity contribution in [1.82, 2.24) is 4.98 Å². The fraction of sp³-hybridized carbons (Fsp3) is 0.0714. The van der Waals surface area contributed by atoms with Crippen molar-refractivity contribution in [2.24, 2.45) is 0 Å². The number of ether oxygens (including phenoxy) is 1. The average molecular weight is 224 g/mol. The smallest absolute Gasteiger partial charge is 0.148 e. The van der Waals surface area contributed by atoms with Gasteiger partial charge in [0, 0.05) is 18.0 Å². The molecule has 0 aliphatic heterocycles. The predicted octanol–water partition coefficient (Wildman–Crippen LogP) is 2.84. The molecule has 1 aromatic heterocycles. The Kier molecular flexibility index (Phi) is 3.61. The summed E-state index contributed by atoms with van der Waals surface area (Å²) in [6.07, 6.45) is 8.63. The quantitative estimate of drug-likeness (QED) is 0.811. The van der Waals surface area contributed by atoms with E-state index >= 15 is 0 Å². The standard InChI is InChI=1S/C14H12N2O/c1-2-9-17-14-7-3-5-12(10-14)16-13-6-4-8-15-11-13/h1,3-8,10-11,16H,9H2. The molecular weight excluding hydrogens is 212 g/mol. The molecule has 84 valence electrons. The molecule has 0 aliphatic rings. The van der Waals surface area contributed by atoms with E-state index in [0.29, 0.717) is 0 Å². The van der Waals surface area contributed by atoms with Crippen molar-refractivity contribution in [2.75, 3.05) is 11.9 Å². The molecule has 0 bridgehead atoms. The number of hydrogen-bond donors (Lipinski definition) is 1. The topological polar surface area (TPSA) is 34.1 Å². The van der Waals surface area contributed by atoms with Crippen LogP contribution < -0.4 is 10.1 Å². The third-order valence-corrected chi connectivity index (χ3v) is 2.11. The molecule has 3 heteroatoms. The first-order valence-electron chi connectivity index (χ1n) is 5.22. The number of hydrogen-bond acceptors (Lipinski definition) is 3. The van der Waals surface area contributed by atoms with Gasteiger partial charge in [-0.3, -0.25) is 4.98 Å². The molecule has 0 radical (unpaired) electrons. The van der Waals surface area contributed by atoms with Crippen LogP contribution >= 0.6 is 0 Å². The Labute approximate surface area is 100 Å². The molecule has 1 aromatic carbocycles. The lowest BCUT2D eigenvalue weighted by molar-refractivity contribution is 0.370. The van der Waals surface area contributed by atoms with Crippen LogP contribution in [0.3, 0.4) is 0 Å². The van der Waals surface area contributed by atoms with Crippen LogP contribution in [0.15, 0.2) is 48.8 Å². The largest absolute Gasteiger partial charge is 0.481 e. The molecule has 2 rings (SSSR count). The SMILES string of the molecule is C#CCOc1cccc(Nc2cccnc2)c1. The molecule has 0 atom stereocenters. The van der Waals surface area contributed by atoms with Crippen LogP contribution in [0.5, 0.6) is 5.75 Å². The van der Waals surface area contributed by atoms with Crippen molar-refractivity contribution in [3.05, 3.63) is 48.8 Å². The van der Waals surface area contributed by atoms with Gasteiger partial charge in [-0.2, -0.15) is 0 Å². The first kappa shape index (κ1) is 11.0. The van der Waals surface area contributed by atoms with Crippen molar-refractivity contribution >= 4 is 11.4 Å². The first-order valence-corrected chi connectivity index (χ1v) is 5.22. The van der Waals surface area contributed by atoms with Crippen molar-refractivity contribution in [1.29, 1.82) is 0 Å². The zero-order valence-electron chi connectivity index (χ0n) is 9.26. The lowest BCUT2D eigenvalue weighted by Crippen LogP contribution is -1.95. The molecule has 17 heavy (non-hydrogen) atoms. The maximum atomic E-state index is 5.34. The number of pyridine rings is 1. The van der Waals surface area contributed by atoms with E-state index < -0.39 is 0 Å². The summed E-state index contributed by atoms with van der Waals surface area (Å²) in [5, 5.41) is 3.23. The second kappa shape index (κ2) is 5.57. The Hall–Kier alpha value is -2.47. The Morgan fingerprint density at radius 2 is 2.12 bits per heavy atom. The number of terminal acetylenes is 1. The van der Waals surface area contributed by atoms with Crippen LogP contribution in [0.25, 0.3) is 0 Å². The summed E-state index contributed by atoms with van der Waals surface area (Å²) in [6.45, 7) is 0.274. The van der Waals surface area contributed by atoms with Gasteiger partial charge in [-0.1, -0.05) is 12.0 Å². The second-order valence-corrected chi connectivity index (χ2v) is 3.39. The fourth-order valence-electron chi connectivity index (χ4n) is 1.39. The van der Waals surface area contributed by atoms with E-state index in [1.807, 2.05) is 36.4 Å². The molecule has 0 spiro atoms. The lowest BCUT2D eigenvalue weighted by atomic mass is 10.3. The van der Waals surface area contributed by atoms with Gasteiger partial charge in [-0.05, 0) is 24.3 Å². The molecule has 2 aromatic rings. The molecule has 0 fully saturated rings. The van der Waals surface area contributed by atoms with Gasteiger partial charge < -0.3 is 10.1 Å². The van der Waals surface area contributed by atoms with Gasteiger partial charge in [0.05, 0.1) is 11.9 Å². The van der Waals surface area contributed by atoms with Crippen LogP contribution in [-0.4, -0.2) is 11.6 Å². The van der Waals surface area contributed by atoms with Crippen molar-refractivity contribution < 1.29 is 4.74 Å². The maximum absolute atomic E-state index is 5.34. The third-order valence-electron chi connectivity index (χ3n) is 2.11. The summed E-state index contributed by atoms with van der Waals surface area (Å²) in [4.78, 5) is 4.03. The molecule has 1 heterocycles. The Balaban J connectivity index is 2.09. The summed E-state index contributed by atoms with van der Waals surface area (Å²) < 4.78 is 5.34. The Morgan fingerprint density at radius 3 is 2.88 bits per heavy atom. The average Bonchev–Trinajstić information content (AvgIpc) is 2.38. The Bertz CT molecular complexity index is 517. The Morgan fingerprint density at radius 1 is 1.24 bits per heavy atom. The summed E-state index contributed by atoms with van der Waals surface area (Å²) in [5.74, 6) is 3.18. The second-order valence-electron chi connectivity index (χ2n) is 3.39. The first-order chi connectivity index (χ1) is 8.38. The van der Waals surface area contributed by atoms with Crippen LogP contribution in [0.2, 0.25) is 0 Å². The predicted molar refractivity (Wildman–Crippen MR) is 68.3 cm³/mol. The van der Waals surface area contributed by atoms with Gasteiger partial charge in [-0.25, -0.2) is 0 Å². The van der Waals surface area contributed by atoms with E-state index in [-0.39, 0.29) is 6.61 Å². The highest BCUT2D eigenvalue weighted by Crippen LogP contribution is 2.20. The normalized spacial score (nSPS) is 9.35. The number of benzene rings is 1. The lowest BCUT2D eigenvalue weighted by Gasteiger charge is -2.08. The summed E-state index contributed by atoms with van der Waals surface area (Å²) in [7, 11) is 0. The van der Waals surface area contributed by atoms with Gasteiger partial charge in [0.15, 0.2) is 0 Å². The summed E-state index contributed by atoms with van der Waals surface area (Å²) in [6, 6.07) is 11.4. The van der Waals surface area contributed by atoms with Gasteiger partial charge in [0.25, 0.3) is 0 Å². The van der Waals surface area contributed by atoms with Crippen molar-refractivity contribution in [3.8, 4) is 18.1 Å². The van der Waals surface area contributed by atoms with Gasteiger partial charge in [0.2, 0.25) is 0 Å². The van der Waals surface area contributed by atoms with Crippen molar-refractivity contribution in [2.45, 2.75) is 0 Å². The van der Waals surface area contributed by atoms with E-state index in [4.69, 9.17) is 11.2 Å². The molecule has 0 amide bonds. The minimum atomic E-state index is 0.274. The van der Waals surface area contributed by atoms with Crippen LogP contribution in [0.1, 0.15) is 0 Å². The number of rotatable bonds is 4. The molecule has 0 aliphatic carbocycles. The highest BCUT2D eigenvalue weighted by atomic mass is 16.5. The summed E-state index contributed by atoms with van der Waals surface area (Å²) >= 11 is 0. The minimum Gasteiger partial charge on any atom is -0.481 e. The molecule has 0 unspecified atom stereocenters. The van der Waals surface area contributed by atoms with E-state index in [1.165, 1.54) is 0 Å². The molecule has 0 saturated heterocycles. The number of anilines is 2.